The fraction of sp³-hybridized carbons (Fsp3) is 0.700. The van der Waals surface area contributed by atoms with E-state index >= 15 is 0 Å². The van der Waals surface area contributed by atoms with Crippen LogP contribution in [0.3, 0.4) is 0 Å². The summed E-state index contributed by atoms with van der Waals surface area (Å²) in [6.07, 6.45) is 14.4. The third-order valence-electron chi connectivity index (χ3n) is 6.06. The molecule has 1 aromatic rings. The molecule has 1 aromatic carbocycles. The van der Waals surface area contributed by atoms with E-state index in [1.54, 1.807) is 6.08 Å². The highest BCUT2D eigenvalue weighted by molar-refractivity contribution is 6.60. The molecule has 8 heteroatoms. The SMILES string of the molecule is CCCCCCOc1cc(C=CC(=O)OC)ccc1OCCCCCCCC[Si](OCC)(OCC)OCC. The molecule has 0 heterocycles. The molecule has 0 spiro atoms. The summed E-state index contributed by atoms with van der Waals surface area (Å²) in [4.78, 5) is 11.4. The van der Waals surface area contributed by atoms with Crippen LogP contribution >= 0.6 is 0 Å². The summed E-state index contributed by atoms with van der Waals surface area (Å²) in [5.74, 6) is 1.09. The number of carbonyl (C=O) groups excluding carboxylic acids is 1. The van der Waals surface area contributed by atoms with Crippen molar-refractivity contribution in [3.8, 4) is 11.5 Å². The molecule has 0 saturated carbocycles. The second-order valence-electron chi connectivity index (χ2n) is 9.17. The Morgan fingerprint density at radius 1 is 0.737 bits per heavy atom. The zero-order chi connectivity index (χ0) is 27.9. The molecule has 0 saturated heterocycles. The number of hydrogen-bond acceptors (Lipinski definition) is 7. The largest absolute Gasteiger partial charge is 0.500 e. The molecule has 0 fully saturated rings. The average molecular weight is 553 g/mol. The minimum atomic E-state index is -2.51. The average Bonchev–Trinajstić information content (AvgIpc) is 2.91. The van der Waals surface area contributed by atoms with Crippen molar-refractivity contribution in [2.75, 3.05) is 40.1 Å². The van der Waals surface area contributed by atoms with Crippen molar-refractivity contribution in [1.82, 2.24) is 0 Å². The van der Waals surface area contributed by atoms with Crippen LogP contribution in [-0.4, -0.2) is 54.9 Å². The summed E-state index contributed by atoms with van der Waals surface area (Å²) in [6.45, 7) is 11.4. The lowest BCUT2D eigenvalue weighted by molar-refractivity contribution is -0.134. The summed E-state index contributed by atoms with van der Waals surface area (Å²) in [5.41, 5.74) is 0.872. The number of esters is 1. The van der Waals surface area contributed by atoms with E-state index in [1.165, 1.54) is 38.9 Å². The Bertz CT molecular complexity index is 752. The van der Waals surface area contributed by atoms with E-state index in [0.29, 0.717) is 33.0 Å². The molecule has 7 nitrogen and oxygen atoms in total. The van der Waals surface area contributed by atoms with E-state index in [-0.39, 0.29) is 5.97 Å². The Balaban J connectivity index is 2.45. The normalized spacial score (nSPS) is 11.7. The van der Waals surface area contributed by atoms with Crippen molar-refractivity contribution in [2.45, 2.75) is 97.9 Å². The van der Waals surface area contributed by atoms with Gasteiger partial charge in [0.25, 0.3) is 0 Å². The van der Waals surface area contributed by atoms with Crippen molar-refractivity contribution >= 4 is 20.8 Å². The van der Waals surface area contributed by atoms with Crippen LogP contribution < -0.4 is 9.47 Å². The lowest BCUT2D eigenvalue weighted by Crippen LogP contribution is -2.45. The van der Waals surface area contributed by atoms with E-state index < -0.39 is 8.80 Å². The number of carbonyl (C=O) groups is 1. The molecule has 0 aromatic heterocycles. The van der Waals surface area contributed by atoms with Crippen molar-refractivity contribution < 1.29 is 32.3 Å². The highest BCUT2D eigenvalue weighted by Gasteiger charge is 2.39. The first-order valence-corrected chi connectivity index (χ1v) is 16.5. The van der Waals surface area contributed by atoms with Gasteiger partial charge in [0.2, 0.25) is 0 Å². The van der Waals surface area contributed by atoms with E-state index in [0.717, 1.165) is 61.6 Å². The van der Waals surface area contributed by atoms with Crippen LogP contribution in [0.15, 0.2) is 24.3 Å². The minimum Gasteiger partial charge on any atom is -0.490 e. The van der Waals surface area contributed by atoms with Crippen LogP contribution in [0.25, 0.3) is 6.08 Å². The Labute approximate surface area is 232 Å². The molecule has 0 unspecified atom stereocenters. The first-order chi connectivity index (χ1) is 18.5. The monoisotopic (exact) mass is 552 g/mol. The molecule has 0 N–H and O–H groups in total. The predicted octanol–water partition coefficient (Wildman–Crippen LogP) is 7.60. The summed E-state index contributed by atoms with van der Waals surface area (Å²) >= 11 is 0. The number of unbranched alkanes of at least 4 members (excludes halogenated alkanes) is 8. The quantitative estimate of drug-likeness (QED) is 0.0566. The molecular formula is C30H52O7Si. The van der Waals surface area contributed by atoms with Crippen LogP contribution in [-0.2, 0) is 22.8 Å². The van der Waals surface area contributed by atoms with Crippen molar-refractivity contribution in [3.05, 3.63) is 29.8 Å². The van der Waals surface area contributed by atoms with Gasteiger partial charge < -0.3 is 27.5 Å². The fourth-order valence-electron chi connectivity index (χ4n) is 4.14. The van der Waals surface area contributed by atoms with Crippen LogP contribution in [0.4, 0.5) is 0 Å². The molecule has 0 aliphatic heterocycles. The van der Waals surface area contributed by atoms with Crippen molar-refractivity contribution in [2.24, 2.45) is 0 Å². The Morgan fingerprint density at radius 2 is 1.29 bits per heavy atom. The maximum Gasteiger partial charge on any atom is 0.500 e. The predicted molar refractivity (Wildman–Crippen MR) is 156 cm³/mol. The lowest BCUT2D eigenvalue weighted by Gasteiger charge is -2.28. The van der Waals surface area contributed by atoms with Gasteiger partial charge in [0.05, 0.1) is 20.3 Å². The highest BCUT2D eigenvalue weighted by Crippen LogP contribution is 2.30. The molecule has 218 valence electrons. The molecule has 0 radical (unpaired) electrons. The second-order valence-corrected chi connectivity index (χ2v) is 11.9. The van der Waals surface area contributed by atoms with E-state index in [2.05, 4.69) is 11.7 Å². The van der Waals surface area contributed by atoms with E-state index in [1.807, 2.05) is 39.0 Å². The number of hydrogen-bond donors (Lipinski definition) is 0. The van der Waals surface area contributed by atoms with Gasteiger partial charge in [-0.25, -0.2) is 4.79 Å². The first-order valence-electron chi connectivity index (χ1n) is 14.6. The minimum absolute atomic E-state index is 0.383. The van der Waals surface area contributed by atoms with Gasteiger partial charge in [-0.1, -0.05) is 57.9 Å². The summed E-state index contributed by atoms with van der Waals surface area (Å²) in [7, 11) is -1.14. The lowest BCUT2D eigenvalue weighted by atomic mass is 10.1. The molecule has 0 amide bonds. The molecular weight excluding hydrogens is 500 g/mol. The molecule has 38 heavy (non-hydrogen) atoms. The topological polar surface area (TPSA) is 72.5 Å². The van der Waals surface area contributed by atoms with Gasteiger partial charge in [0.1, 0.15) is 0 Å². The zero-order valence-corrected chi connectivity index (χ0v) is 25.6. The molecule has 0 aliphatic carbocycles. The van der Waals surface area contributed by atoms with Gasteiger partial charge in [-0.15, -0.1) is 0 Å². The van der Waals surface area contributed by atoms with Gasteiger partial charge in [0.15, 0.2) is 11.5 Å². The summed E-state index contributed by atoms with van der Waals surface area (Å²) < 4.78 is 34.7. The van der Waals surface area contributed by atoms with Gasteiger partial charge >= 0.3 is 14.8 Å². The summed E-state index contributed by atoms with van der Waals surface area (Å²) in [5, 5.41) is 0. The maximum absolute atomic E-state index is 11.4. The highest BCUT2D eigenvalue weighted by atomic mass is 28.4. The maximum atomic E-state index is 11.4. The van der Waals surface area contributed by atoms with Gasteiger partial charge in [-0.2, -0.15) is 0 Å². The Hall–Kier alpha value is -1.87. The number of methoxy groups -OCH3 is 1. The first kappa shape index (κ1) is 34.2. The van der Waals surface area contributed by atoms with E-state index in [4.69, 9.17) is 22.8 Å². The second kappa shape index (κ2) is 22.0. The number of ether oxygens (including phenoxy) is 3. The van der Waals surface area contributed by atoms with Gasteiger partial charge in [-0.3, -0.25) is 0 Å². The third-order valence-corrected chi connectivity index (χ3v) is 9.22. The third kappa shape index (κ3) is 14.9. The number of rotatable bonds is 24. The van der Waals surface area contributed by atoms with E-state index in [9.17, 15) is 4.79 Å². The standard InChI is InChI=1S/C30H52O7Si/c1-6-10-11-16-24-34-29-26-27(20-22-30(31)32-5)19-21-28(29)33-23-17-14-12-13-15-18-25-38(35-7-2,36-8-3)37-9-4/h19-22,26H,6-18,23-25H2,1-5H3. The van der Waals surface area contributed by atoms with Gasteiger partial charge in [-0.05, 0) is 63.8 Å². The van der Waals surface area contributed by atoms with Crippen molar-refractivity contribution in [3.63, 3.8) is 0 Å². The smallest absolute Gasteiger partial charge is 0.490 e. The Kier molecular flexibility index (Phi) is 19.8. The van der Waals surface area contributed by atoms with Crippen molar-refractivity contribution in [1.29, 1.82) is 0 Å². The van der Waals surface area contributed by atoms with Crippen LogP contribution in [0.2, 0.25) is 6.04 Å². The van der Waals surface area contributed by atoms with Crippen LogP contribution in [0, 0.1) is 0 Å². The fourth-order valence-corrected chi connectivity index (χ4v) is 6.82. The molecule has 0 bridgehead atoms. The molecule has 0 aliphatic rings. The summed E-state index contributed by atoms with van der Waals surface area (Å²) in [6, 6.07) is 6.65. The van der Waals surface area contributed by atoms with Crippen LogP contribution in [0.5, 0.6) is 11.5 Å². The van der Waals surface area contributed by atoms with Gasteiger partial charge in [0, 0.05) is 31.9 Å². The number of benzene rings is 1. The zero-order valence-electron chi connectivity index (χ0n) is 24.6. The Morgan fingerprint density at radius 3 is 1.87 bits per heavy atom. The molecule has 1 rings (SSSR count). The van der Waals surface area contributed by atoms with Crippen LogP contribution in [0.1, 0.15) is 97.5 Å². The molecule has 0 atom stereocenters.